The van der Waals surface area contributed by atoms with Gasteiger partial charge in [0.2, 0.25) is 0 Å². The molecule has 1 aromatic heterocycles. The molecule has 3 rings (SSSR count). The smallest absolute Gasteiger partial charge is 0.271 e. The zero-order valence-electron chi connectivity index (χ0n) is 12.3. The molecule has 0 amide bonds. The van der Waals surface area contributed by atoms with Gasteiger partial charge in [-0.25, -0.2) is 8.42 Å². The molecule has 1 saturated heterocycles. The molecule has 2 heterocycles. The van der Waals surface area contributed by atoms with Gasteiger partial charge in [-0.1, -0.05) is 23.2 Å². The van der Waals surface area contributed by atoms with E-state index in [2.05, 4.69) is 9.62 Å². The summed E-state index contributed by atoms with van der Waals surface area (Å²) < 4.78 is 28.4. The van der Waals surface area contributed by atoms with Gasteiger partial charge in [0, 0.05) is 18.1 Å². The lowest BCUT2D eigenvalue weighted by atomic mass is 10.1. The van der Waals surface area contributed by atoms with Gasteiger partial charge in [-0.3, -0.25) is 4.72 Å². The average Bonchev–Trinajstić information content (AvgIpc) is 2.95. The highest BCUT2D eigenvalue weighted by atomic mass is 35.5. The fourth-order valence-electron chi connectivity index (χ4n) is 2.64. The molecule has 0 aliphatic carbocycles. The van der Waals surface area contributed by atoms with Crippen LogP contribution in [-0.2, 0) is 10.0 Å². The van der Waals surface area contributed by atoms with E-state index in [1.807, 2.05) is 6.07 Å². The molecule has 0 radical (unpaired) electrons. The van der Waals surface area contributed by atoms with Crippen molar-refractivity contribution in [3.05, 3.63) is 39.7 Å². The van der Waals surface area contributed by atoms with Crippen LogP contribution in [0.4, 0.5) is 11.4 Å². The normalized spacial score (nSPS) is 15.7. The summed E-state index contributed by atoms with van der Waals surface area (Å²) in [6.07, 6.45) is 3.42. The predicted molar refractivity (Wildman–Crippen MR) is 97.7 cm³/mol. The quantitative estimate of drug-likeness (QED) is 0.811. The van der Waals surface area contributed by atoms with Crippen molar-refractivity contribution < 1.29 is 8.42 Å². The number of piperidine rings is 1. The maximum atomic E-state index is 12.5. The Labute approximate surface area is 150 Å². The highest BCUT2D eigenvalue weighted by Crippen LogP contribution is 2.34. The lowest BCUT2D eigenvalue weighted by Gasteiger charge is -2.30. The maximum absolute atomic E-state index is 12.5. The van der Waals surface area contributed by atoms with Crippen LogP contribution in [0.2, 0.25) is 9.36 Å². The minimum Gasteiger partial charge on any atom is -0.370 e. The van der Waals surface area contributed by atoms with E-state index in [0.717, 1.165) is 43.0 Å². The first-order valence-electron chi connectivity index (χ1n) is 7.28. The molecule has 8 heteroatoms. The van der Waals surface area contributed by atoms with E-state index in [1.54, 1.807) is 18.2 Å². The summed E-state index contributed by atoms with van der Waals surface area (Å²) in [5.74, 6) is 0. The lowest BCUT2D eigenvalue weighted by Crippen LogP contribution is -2.30. The third-order valence-electron chi connectivity index (χ3n) is 3.71. The molecular weight excluding hydrogens is 375 g/mol. The molecule has 0 saturated carbocycles. The number of nitrogens with one attached hydrogen (secondary N) is 1. The molecule has 0 bridgehead atoms. The van der Waals surface area contributed by atoms with Gasteiger partial charge in [0.05, 0.1) is 15.7 Å². The molecule has 0 unspecified atom stereocenters. The Bertz CT molecular complexity index is 800. The van der Waals surface area contributed by atoms with Crippen molar-refractivity contribution in [1.82, 2.24) is 0 Å². The largest absolute Gasteiger partial charge is 0.370 e. The number of rotatable bonds is 4. The molecule has 124 valence electrons. The van der Waals surface area contributed by atoms with Crippen molar-refractivity contribution in [2.75, 3.05) is 22.7 Å². The fraction of sp³-hybridized carbons (Fsp3) is 0.333. The van der Waals surface area contributed by atoms with Crippen molar-refractivity contribution in [3.63, 3.8) is 0 Å². The van der Waals surface area contributed by atoms with Gasteiger partial charge in [-0.15, -0.1) is 11.3 Å². The molecule has 1 aromatic carbocycles. The van der Waals surface area contributed by atoms with Gasteiger partial charge in [0.25, 0.3) is 10.0 Å². The lowest BCUT2D eigenvalue weighted by molar-refractivity contribution is 0.578. The first-order chi connectivity index (χ1) is 11.0. The minimum absolute atomic E-state index is 0.187. The molecule has 0 atom stereocenters. The number of halogens is 2. The Morgan fingerprint density at radius 3 is 2.43 bits per heavy atom. The second-order valence-electron chi connectivity index (χ2n) is 5.37. The van der Waals surface area contributed by atoms with E-state index in [0.29, 0.717) is 15.0 Å². The van der Waals surface area contributed by atoms with E-state index < -0.39 is 10.0 Å². The summed E-state index contributed by atoms with van der Waals surface area (Å²) in [7, 11) is -3.67. The van der Waals surface area contributed by atoms with Crippen molar-refractivity contribution in [2.45, 2.75) is 23.5 Å². The summed E-state index contributed by atoms with van der Waals surface area (Å²) in [4.78, 5) is 2.19. The first-order valence-corrected chi connectivity index (χ1v) is 10.3. The van der Waals surface area contributed by atoms with Gasteiger partial charge >= 0.3 is 0 Å². The van der Waals surface area contributed by atoms with Crippen LogP contribution in [-0.4, -0.2) is 21.5 Å². The predicted octanol–water partition coefficient (Wildman–Crippen LogP) is 4.85. The number of benzene rings is 1. The summed E-state index contributed by atoms with van der Waals surface area (Å²) in [5, 5.41) is 0.493. The Morgan fingerprint density at radius 2 is 1.78 bits per heavy atom. The van der Waals surface area contributed by atoms with E-state index >= 15 is 0 Å². The second-order valence-corrected chi connectivity index (χ2v) is 9.43. The van der Waals surface area contributed by atoms with Crippen LogP contribution >= 0.6 is 34.5 Å². The van der Waals surface area contributed by atoms with Gasteiger partial charge in [0.15, 0.2) is 0 Å². The summed E-state index contributed by atoms with van der Waals surface area (Å²) >= 11 is 12.9. The number of hydrogen-bond acceptors (Lipinski definition) is 4. The summed E-state index contributed by atoms with van der Waals surface area (Å²) in [6.45, 7) is 1.84. The number of nitrogens with zero attached hydrogens (tertiary/aromatic N) is 1. The maximum Gasteiger partial charge on any atom is 0.271 e. The molecule has 23 heavy (non-hydrogen) atoms. The molecule has 0 spiro atoms. The third kappa shape index (κ3) is 3.94. The van der Waals surface area contributed by atoms with E-state index in [4.69, 9.17) is 23.2 Å². The summed E-state index contributed by atoms with van der Waals surface area (Å²) in [5.41, 5.74) is 1.37. The van der Waals surface area contributed by atoms with Gasteiger partial charge in [0.1, 0.15) is 4.21 Å². The van der Waals surface area contributed by atoms with Crippen molar-refractivity contribution in [2.24, 2.45) is 0 Å². The topological polar surface area (TPSA) is 49.4 Å². The molecule has 1 aliphatic rings. The van der Waals surface area contributed by atoms with E-state index in [-0.39, 0.29) is 4.21 Å². The number of thiophene rings is 1. The number of sulfonamides is 1. The van der Waals surface area contributed by atoms with Crippen LogP contribution in [0.5, 0.6) is 0 Å². The highest BCUT2D eigenvalue weighted by molar-refractivity contribution is 7.94. The van der Waals surface area contributed by atoms with E-state index in [1.165, 1.54) is 12.5 Å². The molecule has 1 aliphatic heterocycles. The minimum atomic E-state index is -3.67. The molecule has 4 nitrogen and oxygen atoms in total. The standard InChI is InChI=1S/C15H16Cl2N2O2S2/c16-11-4-5-13(19-8-2-1-3-9-19)12(10-11)18-23(20,21)15-7-6-14(17)22-15/h4-7,10,18H,1-3,8-9H2. The van der Waals surface area contributed by atoms with Crippen LogP contribution in [0.1, 0.15) is 19.3 Å². The Hall–Kier alpha value is -0.950. The SMILES string of the molecule is O=S(=O)(Nc1cc(Cl)ccc1N1CCCCC1)c1ccc(Cl)s1. The zero-order chi connectivity index (χ0) is 16.4. The van der Waals surface area contributed by atoms with Gasteiger partial charge in [-0.2, -0.15) is 0 Å². The van der Waals surface area contributed by atoms with Crippen LogP contribution in [0, 0.1) is 0 Å². The molecule has 1 N–H and O–H groups in total. The monoisotopic (exact) mass is 390 g/mol. The first kappa shape index (κ1) is 16.9. The third-order valence-corrected chi connectivity index (χ3v) is 7.04. The highest BCUT2D eigenvalue weighted by Gasteiger charge is 2.21. The zero-order valence-corrected chi connectivity index (χ0v) is 15.4. The van der Waals surface area contributed by atoms with Crippen LogP contribution < -0.4 is 9.62 Å². The molecule has 1 fully saturated rings. The Kier molecular flexibility index (Phi) is 5.06. The molecular formula is C15H16Cl2N2O2S2. The Morgan fingerprint density at radius 1 is 1.04 bits per heavy atom. The second kappa shape index (κ2) is 6.89. The van der Waals surface area contributed by atoms with Crippen LogP contribution in [0.3, 0.4) is 0 Å². The average molecular weight is 391 g/mol. The van der Waals surface area contributed by atoms with Crippen molar-refractivity contribution in [1.29, 1.82) is 0 Å². The van der Waals surface area contributed by atoms with Crippen LogP contribution in [0.15, 0.2) is 34.5 Å². The fourth-order valence-corrected chi connectivity index (χ4v) is 5.36. The van der Waals surface area contributed by atoms with Crippen molar-refractivity contribution in [3.8, 4) is 0 Å². The number of hydrogen-bond donors (Lipinski definition) is 1. The van der Waals surface area contributed by atoms with Gasteiger partial charge < -0.3 is 4.90 Å². The van der Waals surface area contributed by atoms with E-state index in [9.17, 15) is 8.42 Å². The number of anilines is 2. The molecule has 2 aromatic rings. The van der Waals surface area contributed by atoms with Gasteiger partial charge in [-0.05, 0) is 49.6 Å². The van der Waals surface area contributed by atoms with Crippen molar-refractivity contribution >= 4 is 55.9 Å². The van der Waals surface area contributed by atoms with Crippen LogP contribution in [0.25, 0.3) is 0 Å². The summed E-state index contributed by atoms with van der Waals surface area (Å²) in [6, 6.07) is 8.38. The Balaban J connectivity index is 1.93.